The van der Waals surface area contributed by atoms with Gasteiger partial charge in [-0.1, -0.05) is 58.4 Å². The van der Waals surface area contributed by atoms with Gasteiger partial charge in [0.25, 0.3) is 0 Å². The molecule has 4 aliphatic rings. The van der Waals surface area contributed by atoms with Crippen LogP contribution in [0.3, 0.4) is 0 Å². The number of ether oxygens (including phenoxy) is 1. The van der Waals surface area contributed by atoms with Crippen LogP contribution in [-0.4, -0.2) is 52.0 Å². The SMILES string of the molecule is O=C1/C(=C/c2cn(Cc3ccc(OCc4ccc(Br)cc4)cc3)c3ccccc23)CC[C@@H]2[C@H]3CCCN4CCC[C@H](CN12)[C@@H]34. The maximum Gasteiger partial charge on any atom is 0.250 e. The molecule has 44 heavy (non-hydrogen) atoms. The molecule has 4 aromatic rings. The van der Waals surface area contributed by atoms with Crippen LogP contribution in [0.4, 0.5) is 0 Å². The third-order valence-electron chi connectivity index (χ3n) is 10.7. The molecule has 8 rings (SSSR count). The minimum Gasteiger partial charge on any atom is -0.489 e. The van der Waals surface area contributed by atoms with Gasteiger partial charge >= 0.3 is 0 Å². The van der Waals surface area contributed by atoms with Crippen LogP contribution < -0.4 is 4.74 Å². The monoisotopic (exact) mass is 649 g/mol. The first-order valence-electron chi connectivity index (χ1n) is 16.4. The van der Waals surface area contributed by atoms with E-state index in [1.807, 2.05) is 12.1 Å². The van der Waals surface area contributed by atoms with Crippen molar-refractivity contribution in [2.45, 2.75) is 63.8 Å². The molecule has 4 saturated heterocycles. The van der Waals surface area contributed by atoms with E-state index < -0.39 is 0 Å². The second kappa shape index (κ2) is 11.9. The Bertz CT molecular complexity index is 1690. The van der Waals surface area contributed by atoms with E-state index in [4.69, 9.17) is 4.74 Å². The normalized spacial score (nSPS) is 26.1. The predicted octanol–water partition coefficient (Wildman–Crippen LogP) is 7.91. The first-order valence-corrected chi connectivity index (χ1v) is 17.2. The smallest absolute Gasteiger partial charge is 0.250 e. The second-order valence-corrected chi connectivity index (χ2v) is 14.2. The Labute approximate surface area is 268 Å². The van der Waals surface area contributed by atoms with Gasteiger partial charge in [0.15, 0.2) is 0 Å². The van der Waals surface area contributed by atoms with Gasteiger partial charge in [-0.2, -0.15) is 0 Å². The topological polar surface area (TPSA) is 37.7 Å². The van der Waals surface area contributed by atoms with Gasteiger partial charge in [0, 0.05) is 57.9 Å². The fourth-order valence-electron chi connectivity index (χ4n) is 8.67. The van der Waals surface area contributed by atoms with Crippen molar-refractivity contribution in [1.29, 1.82) is 0 Å². The molecule has 4 atom stereocenters. The average molecular weight is 651 g/mol. The van der Waals surface area contributed by atoms with Crippen LogP contribution in [0.1, 0.15) is 55.2 Å². The summed E-state index contributed by atoms with van der Waals surface area (Å²) in [4.78, 5) is 19.1. The lowest BCUT2D eigenvalue weighted by atomic mass is 9.67. The zero-order chi connectivity index (χ0) is 29.6. The number of amides is 1. The highest BCUT2D eigenvalue weighted by atomic mass is 79.9. The highest BCUT2D eigenvalue weighted by Crippen LogP contribution is 2.45. The second-order valence-electron chi connectivity index (χ2n) is 13.3. The van der Waals surface area contributed by atoms with Crippen molar-refractivity contribution < 1.29 is 9.53 Å². The van der Waals surface area contributed by atoms with Gasteiger partial charge in [0.1, 0.15) is 12.4 Å². The van der Waals surface area contributed by atoms with E-state index in [1.54, 1.807) is 0 Å². The van der Waals surface area contributed by atoms with E-state index >= 15 is 0 Å². The predicted molar refractivity (Wildman–Crippen MR) is 179 cm³/mol. The number of carbonyl (C=O) groups is 1. The Kier molecular flexibility index (Phi) is 7.59. The molecule has 0 radical (unpaired) electrons. The maximum atomic E-state index is 14.0. The summed E-state index contributed by atoms with van der Waals surface area (Å²) in [6.07, 6.45) is 11.6. The first-order chi connectivity index (χ1) is 21.6. The van der Waals surface area contributed by atoms with Crippen LogP contribution >= 0.6 is 15.9 Å². The Morgan fingerprint density at radius 3 is 2.50 bits per heavy atom. The van der Waals surface area contributed by atoms with Crippen LogP contribution in [0.2, 0.25) is 0 Å². The van der Waals surface area contributed by atoms with Crippen LogP contribution in [0, 0.1) is 11.8 Å². The zero-order valence-electron chi connectivity index (χ0n) is 25.2. The van der Waals surface area contributed by atoms with Crippen LogP contribution in [-0.2, 0) is 17.9 Å². The number of nitrogens with zero attached hydrogens (tertiary/aromatic N) is 3. The molecule has 1 aromatic heterocycles. The lowest BCUT2D eigenvalue weighted by Crippen LogP contribution is -2.66. The van der Waals surface area contributed by atoms with Crippen molar-refractivity contribution in [3.8, 4) is 5.75 Å². The molecule has 0 unspecified atom stereocenters. The van der Waals surface area contributed by atoms with Crippen molar-refractivity contribution in [2.24, 2.45) is 11.8 Å². The van der Waals surface area contributed by atoms with Crippen molar-refractivity contribution in [3.05, 3.63) is 106 Å². The minimum absolute atomic E-state index is 0.290. The molecule has 0 N–H and O–H groups in total. The molecule has 0 saturated carbocycles. The number of fused-ring (bicyclic) bond motifs is 3. The van der Waals surface area contributed by atoms with E-state index in [0.717, 1.165) is 52.9 Å². The van der Waals surface area contributed by atoms with E-state index in [1.165, 1.54) is 55.2 Å². The summed E-state index contributed by atoms with van der Waals surface area (Å²) >= 11 is 3.49. The molecule has 5 nitrogen and oxygen atoms in total. The molecule has 0 bridgehead atoms. The molecule has 6 heteroatoms. The van der Waals surface area contributed by atoms with Crippen molar-refractivity contribution >= 4 is 38.8 Å². The molecular formula is C38H40BrN3O2. The summed E-state index contributed by atoms with van der Waals surface area (Å²) in [7, 11) is 0. The van der Waals surface area contributed by atoms with Gasteiger partial charge in [-0.05, 0) is 111 Å². The van der Waals surface area contributed by atoms with Crippen LogP contribution in [0.5, 0.6) is 5.75 Å². The molecular weight excluding hydrogens is 610 g/mol. The molecule has 3 aromatic carbocycles. The third kappa shape index (κ3) is 5.30. The zero-order valence-corrected chi connectivity index (χ0v) is 26.8. The Balaban J connectivity index is 1.00. The van der Waals surface area contributed by atoms with E-state index in [9.17, 15) is 4.79 Å². The summed E-state index contributed by atoms with van der Waals surface area (Å²) in [5, 5.41) is 1.21. The number of hydrogen-bond acceptors (Lipinski definition) is 3. The van der Waals surface area contributed by atoms with E-state index in [2.05, 4.69) is 103 Å². The number of hydrogen-bond donors (Lipinski definition) is 0. The number of para-hydroxylation sites is 1. The number of piperidine rings is 4. The van der Waals surface area contributed by atoms with Gasteiger partial charge < -0.3 is 14.2 Å². The molecule has 1 amide bonds. The molecule has 0 spiro atoms. The summed E-state index contributed by atoms with van der Waals surface area (Å²) in [6, 6.07) is 26.4. The number of rotatable bonds is 6. The summed E-state index contributed by atoms with van der Waals surface area (Å²) < 4.78 is 9.42. The molecule has 0 aliphatic carbocycles. The standard InChI is InChI=1S/C38H40BrN3O2/c39-31-14-9-27(10-15-31)25-44-32-16-11-26(12-17-32)22-41-23-30(33-6-1-2-8-35(33)41)21-28-13-18-36-34-7-4-20-40-19-3-5-29(37(34)40)24-42(36)38(28)43/h1-2,6,8-12,14-17,21,23,29,34,36-37H,3-5,7,13,18-20,22,24-25H2/b28-21+/t29-,34-,36-,37+/m1/s1. The average Bonchev–Trinajstić information content (AvgIpc) is 3.40. The van der Waals surface area contributed by atoms with Gasteiger partial charge in [0.2, 0.25) is 5.91 Å². The first kappa shape index (κ1) is 28.1. The third-order valence-corrected chi connectivity index (χ3v) is 11.2. The fraction of sp³-hybridized carbons (Fsp3) is 0.395. The number of benzene rings is 3. The Morgan fingerprint density at radius 2 is 1.66 bits per heavy atom. The number of carbonyl (C=O) groups excluding carboxylic acids is 1. The lowest BCUT2D eigenvalue weighted by molar-refractivity contribution is -0.145. The lowest BCUT2D eigenvalue weighted by Gasteiger charge is -2.58. The Hall–Kier alpha value is -3.35. The van der Waals surface area contributed by atoms with Crippen molar-refractivity contribution in [1.82, 2.24) is 14.4 Å². The van der Waals surface area contributed by atoms with Gasteiger partial charge in [-0.15, -0.1) is 0 Å². The van der Waals surface area contributed by atoms with Gasteiger partial charge in [-0.25, -0.2) is 0 Å². The summed E-state index contributed by atoms with van der Waals surface area (Å²) in [5.41, 5.74) is 5.69. The highest BCUT2D eigenvalue weighted by molar-refractivity contribution is 9.10. The highest BCUT2D eigenvalue weighted by Gasteiger charge is 2.51. The molecule has 5 heterocycles. The summed E-state index contributed by atoms with van der Waals surface area (Å²) in [5.74, 6) is 2.46. The van der Waals surface area contributed by atoms with Gasteiger partial charge in [-0.3, -0.25) is 9.69 Å². The molecule has 226 valence electrons. The number of aromatic nitrogens is 1. The fourth-order valence-corrected chi connectivity index (χ4v) is 8.94. The van der Waals surface area contributed by atoms with Crippen molar-refractivity contribution in [2.75, 3.05) is 19.6 Å². The van der Waals surface area contributed by atoms with E-state index in [0.29, 0.717) is 30.5 Å². The maximum absolute atomic E-state index is 14.0. The van der Waals surface area contributed by atoms with Crippen LogP contribution in [0.15, 0.2) is 89.0 Å². The largest absolute Gasteiger partial charge is 0.489 e. The number of halogens is 1. The molecule has 4 fully saturated rings. The van der Waals surface area contributed by atoms with Gasteiger partial charge in [0.05, 0.1) is 0 Å². The van der Waals surface area contributed by atoms with Crippen molar-refractivity contribution in [3.63, 3.8) is 0 Å². The van der Waals surface area contributed by atoms with E-state index in [-0.39, 0.29) is 5.91 Å². The Morgan fingerprint density at radius 1 is 0.886 bits per heavy atom. The van der Waals surface area contributed by atoms with Crippen LogP contribution in [0.25, 0.3) is 17.0 Å². The minimum atomic E-state index is 0.290. The summed E-state index contributed by atoms with van der Waals surface area (Å²) in [6.45, 7) is 4.78. The quantitative estimate of drug-likeness (QED) is 0.199. The molecule has 4 aliphatic heterocycles.